The Morgan fingerprint density at radius 3 is 2.48 bits per heavy atom. The van der Waals surface area contributed by atoms with Crippen LogP contribution in [0.15, 0.2) is 54.6 Å². The Balaban J connectivity index is 1.83. The summed E-state index contributed by atoms with van der Waals surface area (Å²) < 4.78 is 5.32. The number of likely N-dealkylation sites (N-methyl/N-ethyl adjacent to an activating group) is 1. The molecule has 0 aromatic heterocycles. The first-order chi connectivity index (χ1) is 11.2. The van der Waals surface area contributed by atoms with Crippen molar-refractivity contribution in [3.63, 3.8) is 0 Å². The van der Waals surface area contributed by atoms with E-state index in [1.165, 1.54) is 0 Å². The lowest BCUT2D eigenvalue weighted by molar-refractivity contribution is -0.119. The van der Waals surface area contributed by atoms with Crippen LogP contribution in [0, 0.1) is 0 Å². The maximum atomic E-state index is 12.1. The minimum Gasteiger partial charge on any atom is -0.496 e. The number of rotatable bonds is 8. The van der Waals surface area contributed by atoms with Gasteiger partial charge in [-0.25, -0.2) is 0 Å². The van der Waals surface area contributed by atoms with Crippen LogP contribution in [-0.4, -0.2) is 32.7 Å². The summed E-state index contributed by atoms with van der Waals surface area (Å²) in [5, 5.41) is 2.98. The van der Waals surface area contributed by atoms with Gasteiger partial charge in [-0.15, -0.1) is 0 Å². The van der Waals surface area contributed by atoms with Crippen molar-refractivity contribution in [2.24, 2.45) is 0 Å². The highest BCUT2D eigenvalue weighted by molar-refractivity contribution is 5.81. The summed E-state index contributed by atoms with van der Waals surface area (Å²) in [4.78, 5) is 14.2. The van der Waals surface area contributed by atoms with Crippen molar-refractivity contribution in [2.45, 2.75) is 13.3 Å². The Bertz CT molecular complexity index is 614. The molecule has 2 rings (SSSR count). The first-order valence-corrected chi connectivity index (χ1v) is 7.93. The summed E-state index contributed by atoms with van der Waals surface area (Å²) in [6, 6.07) is 17.9. The standard InChI is InChI=1S/C19H24N2O2/c1-3-21(17-10-5-4-6-11-17)15-19(22)20-14-13-16-9-7-8-12-18(16)23-2/h4-12H,3,13-15H2,1-2H3,(H,20,22). The zero-order valence-corrected chi connectivity index (χ0v) is 13.8. The number of nitrogens with one attached hydrogen (secondary N) is 1. The lowest BCUT2D eigenvalue weighted by Crippen LogP contribution is -2.38. The fourth-order valence-corrected chi connectivity index (χ4v) is 2.50. The quantitative estimate of drug-likeness (QED) is 0.815. The zero-order valence-electron chi connectivity index (χ0n) is 13.8. The lowest BCUT2D eigenvalue weighted by atomic mass is 10.1. The fourth-order valence-electron chi connectivity index (χ4n) is 2.50. The second-order valence-electron chi connectivity index (χ2n) is 5.26. The highest BCUT2D eigenvalue weighted by Crippen LogP contribution is 2.17. The van der Waals surface area contributed by atoms with Gasteiger partial charge < -0.3 is 15.0 Å². The molecule has 0 atom stereocenters. The molecule has 122 valence electrons. The number of para-hydroxylation sites is 2. The van der Waals surface area contributed by atoms with Crippen molar-refractivity contribution in [3.8, 4) is 5.75 Å². The maximum absolute atomic E-state index is 12.1. The number of hydrogen-bond donors (Lipinski definition) is 1. The largest absolute Gasteiger partial charge is 0.496 e. The third-order valence-corrected chi connectivity index (χ3v) is 3.75. The summed E-state index contributed by atoms with van der Waals surface area (Å²) in [5.74, 6) is 0.895. The number of methoxy groups -OCH3 is 1. The molecule has 4 heteroatoms. The van der Waals surface area contributed by atoms with Gasteiger partial charge in [0, 0.05) is 18.8 Å². The van der Waals surface area contributed by atoms with E-state index in [1.54, 1.807) is 7.11 Å². The second kappa shape index (κ2) is 8.83. The van der Waals surface area contributed by atoms with Gasteiger partial charge in [0.2, 0.25) is 5.91 Å². The van der Waals surface area contributed by atoms with Gasteiger partial charge in [-0.1, -0.05) is 36.4 Å². The number of amides is 1. The molecule has 23 heavy (non-hydrogen) atoms. The summed E-state index contributed by atoms with van der Waals surface area (Å²) in [6.07, 6.45) is 0.757. The van der Waals surface area contributed by atoms with E-state index >= 15 is 0 Å². The summed E-state index contributed by atoms with van der Waals surface area (Å²) >= 11 is 0. The summed E-state index contributed by atoms with van der Waals surface area (Å²) in [5.41, 5.74) is 2.17. The molecule has 1 amide bonds. The van der Waals surface area contributed by atoms with Crippen LogP contribution in [0.5, 0.6) is 5.75 Å². The molecule has 0 bridgehead atoms. The van der Waals surface area contributed by atoms with Crippen molar-refractivity contribution < 1.29 is 9.53 Å². The van der Waals surface area contributed by atoms with Gasteiger partial charge in [0.05, 0.1) is 13.7 Å². The van der Waals surface area contributed by atoms with E-state index in [0.29, 0.717) is 13.1 Å². The van der Waals surface area contributed by atoms with Gasteiger partial charge in [-0.2, -0.15) is 0 Å². The zero-order chi connectivity index (χ0) is 16.5. The molecule has 1 N–H and O–H groups in total. The molecule has 0 aliphatic carbocycles. The third-order valence-electron chi connectivity index (χ3n) is 3.75. The number of ether oxygens (including phenoxy) is 1. The van der Waals surface area contributed by atoms with Crippen LogP contribution in [0.1, 0.15) is 12.5 Å². The molecule has 4 nitrogen and oxygen atoms in total. The van der Waals surface area contributed by atoms with Gasteiger partial charge in [0.1, 0.15) is 5.75 Å². The predicted octanol–water partition coefficient (Wildman–Crippen LogP) is 2.88. The minimum absolute atomic E-state index is 0.0330. The fraction of sp³-hybridized carbons (Fsp3) is 0.316. The predicted molar refractivity (Wildman–Crippen MR) is 94.0 cm³/mol. The van der Waals surface area contributed by atoms with Crippen molar-refractivity contribution in [2.75, 3.05) is 31.6 Å². The molecule has 0 radical (unpaired) electrons. The maximum Gasteiger partial charge on any atom is 0.239 e. The first kappa shape index (κ1) is 16.9. The van der Waals surface area contributed by atoms with Crippen LogP contribution in [0.4, 0.5) is 5.69 Å². The van der Waals surface area contributed by atoms with Gasteiger partial charge >= 0.3 is 0 Å². The van der Waals surface area contributed by atoms with Crippen LogP contribution in [-0.2, 0) is 11.2 Å². The Morgan fingerprint density at radius 1 is 1.09 bits per heavy atom. The molecule has 0 aliphatic rings. The van der Waals surface area contributed by atoms with Gasteiger partial charge in [-0.05, 0) is 37.1 Å². The molecule has 0 spiro atoms. The van der Waals surface area contributed by atoms with Gasteiger partial charge in [-0.3, -0.25) is 4.79 Å². The first-order valence-electron chi connectivity index (χ1n) is 7.93. The highest BCUT2D eigenvalue weighted by atomic mass is 16.5. The molecule has 0 saturated carbocycles. The summed E-state index contributed by atoms with van der Waals surface area (Å²) in [6.45, 7) is 3.82. The van der Waals surface area contributed by atoms with Crippen LogP contribution >= 0.6 is 0 Å². The van der Waals surface area contributed by atoms with Crippen LogP contribution in [0.25, 0.3) is 0 Å². The molecule has 0 unspecified atom stereocenters. The van der Waals surface area contributed by atoms with Crippen molar-refractivity contribution >= 4 is 11.6 Å². The van der Waals surface area contributed by atoms with Crippen molar-refractivity contribution in [1.29, 1.82) is 0 Å². The number of anilines is 1. The van der Waals surface area contributed by atoms with Crippen molar-refractivity contribution in [1.82, 2.24) is 5.32 Å². The average molecular weight is 312 g/mol. The molecular weight excluding hydrogens is 288 g/mol. The van der Waals surface area contributed by atoms with Gasteiger partial charge in [0.25, 0.3) is 0 Å². The minimum atomic E-state index is 0.0330. The molecule has 2 aromatic rings. The molecular formula is C19H24N2O2. The van der Waals surface area contributed by atoms with E-state index in [-0.39, 0.29) is 5.91 Å². The SMILES string of the molecule is CCN(CC(=O)NCCc1ccccc1OC)c1ccccc1. The van der Waals surface area contributed by atoms with E-state index in [2.05, 4.69) is 17.1 Å². The monoisotopic (exact) mass is 312 g/mol. The Morgan fingerprint density at radius 2 is 1.78 bits per heavy atom. The molecule has 0 heterocycles. The molecule has 2 aromatic carbocycles. The molecule has 0 aliphatic heterocycles. The summed E-state index contributed by atoms with van der Waals surface area (Å²) in [7, 11) is 1.66. The number of carbonyl (C=O) groups is 1. The van der Waals surface area contributed by atoms with E-state index < -0.39 is 0 Å². The smallest absolute Gasteiger partial charge is 0.239 e. The van der Waals surface area contributed by atoms with E-state index in [1.807, 2.05) is 54.6 Å². The van der Waals surface area contributed by atoms with Gasteiger partial charge in [0.15, 0.2) is 0 Å². The lowest BCUT2D eigenvalue weighted by Gasteiger charge is -2.22. The van der Waals surface area contributed by atoms with Crippen molar-refractivity contribution in [3.05, 3.63) is 60.2 Å². The number of carbonyl (C=O) groups excluding carboxylic acids is 1. The number of benzene rings is 2. The Kier molecular flexibility index (Phi) is 6.48. The number of hydrogen-bond acceptors (Lipinski definition) is 3. The molecule has 0 fully saturated rings. The van der Waals surface area contributed by atoms with E-state index in [0.717, 1.165) is 30.0 Å². The van der Waals surface area contributed by atoms with Crippen LogP contribution < -0.4 is 15.0 Å². The van der Waals surface area contributed by atoms with Crippen LogP contribution in [0.2, 0.25) is 0 Å². The Labute approximate surface area is 138 Å². The van der Waals surface area contributed by atoms with E-state index in [4.69, 9.17) is 4.74 Å². The normalized spacial score (nSPS) is 10.2. The highest BCUT2D eigenvalue weighted by Gasteiger charge is 2.09. The third kappa shape index (κ3) is 5.02. The second-order valence-corrected chi connectivity index (χ2v) is 5.26. The van der Waals surface area contributed by atoms with E-state index in [9.17, 15) is 4.79 Å². The average Bonchev–Trinajstić information content (AvgIpc) is 2.61. The molecule has 0 saturated heterocycles. The topological polar surface area (TPSA) is 41.6 Å². The van der Waals surface area contributed by atoms with Crippen LogP contribution in [0.3, 0.4) is 0 Å². The Hall–Kier alpha value is -2.49. The number of nitrogens with zero attached hydrogens (tertiary/aromatic N) is 1.